The summed E-state index contributed by atoms with van der Waals surface area (Å²) in [6.45, 7) is 0. The Morgan fingerprint density at radius 2 is 1.90 bits per heavy atom. The molecule has 0 radical (unpaired) electrons. The van der Waals surface area contributed by atoms with Crippen LogP contribution in [0, 0.1) is 11.8 Å². The van der Waals surface area contributed by atoms with E-state index in [0.29, 0.717) is 18.4 Å². The number of benzene rings is 1. The van der Waals surface area contributed by atoms with E-state index >= 15 is 0 Å². The third-order valence-corrected chi connectivity index (χ3v) is 6.49. The zero-order chi connectivity index (χ0) is 14.8. The molecule has 114 valence electrons. The summed E-state index contributed by atoms with van der Waals surface area (Å²) in [6, 6.07) is 8.73. The zero-order valence-corrected chi connectivity index (χ0v) is 14.8. The Balaban J connectivity index is 1.48. The molecule has 4 heteroatoms. The first-order valence-electron chi connectivity index (χ1n) is 7.80. The van der Waals surface area contributed by atoms with Gasteiger partial charge in [-0.1, -0.05) is 12.1 Å². The first kappa shape index (κ1) is 15.4. The van der Waals surface area contributed by atoms with Gasteiger partial charge in [-0.2, -0.15) is 0 Å². The number of amides is 1. The standard InChI is InChI=1S/C17H22BrNOS/c1-19(17(12-6-7-12)13-8-9-13)16(20)10-11-21-15-5-3-2-4-14(15)18/h2-5,12-13,17H,6-11H2,1H3. The largest absolute Gasteiger partial charge is 0.342 e. The predicted molar refractivity (Wildman–Crippen MR) is 91.5 cm³/mol. The summed E-state index contributed by atoms with van der Waals surface area (Å²) < 4.78 is 1.12. The van der Waals surface area contributed by atoms with Crippen LogP contribution < -0.4 is 0 Å². The van der Waals surface area contributed by atoms with Crippen molar-refractivity contribution in [2.24, 2.45) is 11.8 Å². The van der Waals surface area contributed by atoms with Crippen LogP contribution in [0.5, 0.6) is 0 Å². The van der Waals surface area contributed by atoms with Crippen LogP contribution in [0.4, 0.5) is 0 Å². The summed E-state index contributed by atoms with van der Waals surface area (Å²) in [5.41, 5.74) is 0. The summed E-state index contributed by atoms with van der Waals surface area (Å²) in [4.78, 5) is 15.7. The van der Waals surface area contributed by atoms with E-state index in [-0.39, 0.29) is 0 Å². The molecule has 0 aliphatic heterocycles. The fourth-order valence-corrected chi connectivity index (χ4v) is 4.55. The molecule has 0 aromatic heterocycles. The van der Waals surface area contributed by atoms with Crippen molar-refractivity contribution in [3.63, 3.8) is 0 Å². The van der Waals surface area contributed by atoms with E-state index < -0.39 is 0 Å². The second-order valence-corrected chi connectivity index (χ2v) is 8.19. The van der Waals surface area contributed by atoms with E-state index in [1.807, 2.05) is 25.2 Å². The molecule has 0 atom stereocenters. The van der Waals surface area contributed by atoms with Gasteiger partial charge in [-0.25, -0.2) is 0 Å². The van der Waals surface area contributed by atoms with E-state index in [9.17, 15) is 4.79 Å². The zero-order valence-electron chi connectivity index (χ0n) is 12.4. The molecule has 1 amide bonds. The molecular weight excluding hydrogens is 346 g/mol. The topological polar surface area (TPSA) is 20.3 Å². The molecule has 2 saturated carbocycles. The highest BCUT2D eigenvalue weighted by Crippen LogP contribution is 2.47. The maximum absolute atomic E-state index is 12.4. The van der Waals surface area contributed by atoms with Crippen LogP contribution in [0.1, 0.15) is 32.1 Å². The molecule has 1 aromatic carbocycles. The Morgan fingerprint density at radius 3 is 2.48 bits per heavy atom. The molecule has 0 saturated heterocycles. The summed E-state index contributed by atoms with van der Waals surface area (Å²) in [7, 11) is 2.02. The average Bonchev–Trinajstić information content (AvgIpc) is 3.35. The predicted octanol–water partition coefficient (Wildman–Crippen LogP) is 4.58. The number of nitrogens with zero attached hydrogens (tertiary/aromatic N) is 1. The van der Waals surface area contributed by atoms with Gasteiger partial charge in [-0.15, -0.1) is 11.8 Å². The lowest BCUT2D eigenvalue weighted by Crippen LogP contribution is -2.40. The van der Waals surface area contributed by atoms with E-state index in [1.165, 1.54) is 30.6 Å². The Bertz CT molecular complexity index is 501. The van der Waals surface area contributed by atoms with Crippen LogP contribution in [0.25, 0.3) is 0 Å². The van der Waals surface area contributed by atoms with E-state index in [1.54, 1.807) is 11.8 Å². The number of rotatable bonds is 7. The van der Waals surface area contributed by atoms with Gasteiger partial charge in [0.15, 0.2) is 0 Å². The molecule has 2 fully saturated rings. The minimum atomic E-state index is 0.318. The van der Waals surface area contributed by atoms with Gasteiger partial charge >= 0.3 is 0 Å². The van der Waals surface area contributed by atoms with Crippen molar-refractivity contribution >= 4 is 33.6 Å². The van der Waals surface area contributed by atoms with E-state index in [4.69, 9.17) is 0 Å². The SMILES string of the molecule is CN(C(=O)CCSc1ccccc1Br)C(C1CC1)C1CC1. The molecule has 21 heavy (non-hydrogen) atoms. The van der Waals surface area contributed by atoms with Crippen molar-refractivity contribution in [3.05, 3.63) is 28.7 Å². The molecule has 0 bridgehead atoms. The van der Waals surface area contributed by atoms with Crippen molar-refractivity contribution < 1.29 is 4.79 Å². The van der Waals surface area contributed by atoms with Gasteiger partial charge in [0.1, 0.15) is 0 Å². The van der Waals surface area contributed by atoms with Gasteiger partial charge in [0, 0.05) is 34.6 Å². The van der Waals surface area contributed by atoms with Crippen molar-refractivity contribution in [3.8, 4) is 0 Å². The lowest BCUT2D eigenvalue weighted by Gasteiger charge is -2.28. The lowest BCUT2D eigenvalue weighted by molar-refractivity contribution is -0.132. The second kappa shape index (κ2) is 6.74. The van der Waals surface area contributed by atoms with Crippen molar-refractivity contribution in [1.29, 1.82) is 0 Å². The van der Waals surface area contributed by atoms with Gasteiger partial charge in [-0.05, 0) is 65.6 Å². The van der Waals surface area contributed by atoms with Crippen LogP contribution in [0.15, 0.2) is 33.6 Å². The lowest BCUT2D eigenvalue weighted by atomic mass is 10.1. The van der Waals surface area contributed by atoms with Crippen LogP contribution in [0.3, 0.4) is 0 Å². The average molecular weight is 368 g/mol. The highest BCUT2D eigenvalue weighted by Gasteiger charge is 2.44. The fraction of sp³-hybridized carbons (Fsp3) is 0.588. The first-order chi connectivity index (χ1) is 10.2. The normalized spacial score (nSPS) is 18.0. The molecule has 0 unspecified atom stereocenters. The van der Waals surface area contributed by atoms with Crippen LogP contribution in [-0.4, -0.2) is 29.6 Å². The van der Waals surface area contributed by atoms with Crippen molar-refractivity contribution in [1.82, 2.24) is 4.90 Å². The van der Waals surface area contributed by atoms with E-state index in [0.717, 1.165) is 22.1 Å². The Hall–Kier alpha value is -0.480. The number of halogens is 1. The summed E-state index contributed by atoms with van der Waals surface area (Å²) >= 11 is 5.31. The smallest absolute Gasteiger partial charge is 0.223 e. The highest BCUT2D eigenvalue weighted by atomic mass is 79.9. The fourth-order valence-electron chi connectivity index (χ4n) is 3.05. The Labute approximate surface area is 139 Å². The van der Waals surface area contributed by atoms with Gasteiger partial charge in [0.2, 0.25) is 5.91 Å². The highest BCUT2D eigenvalue weighted by molar-refractivity contribution is 9.10. The van der Waals surface area contributed by atoms with Crippen molar-refractivity contribution in [2.75, 3.05) is 12.8 Å². The number of thioether (sulfide) groups is 1. The maximum Gasteiger partial charge on any atom is 0.223 e. The molecule has 0 N–H and O–H groups in total. The number of hydrogen-bond acceptors (Lipinski definition) is 2. The van der Waals surface area contributed by atoms with Gasteiger partial charge in [-0.3, -0.25) is 4.79 Å². The Morgan fingerprint density at radius 1 is 1.29 bits per heavy atom. The van der Waals surface area contributed by atoms with Crippen molar-refractivity contribution in [2.45, 2.75) is 43.0 Å². The molecular formula is C17H22BrNOS. The van der Waals surface area contributed by atoms with Gasteiger partial charge in [0.05, 0.1) is 0 Å². The Kier molecular flexibility index (Phi) is 4.95. The maximum atomic E-state index is 12.4. The molecule has 2 nitrogen and oxygen atoms in total. The van der Waals surface area contributed by atoms with Crippen LogP contribution in [0.2, 0.25) is 0 Å². The summed E-state index contributed by atoms with van der Waals surface area (Å²) in [5.74, 6) is 2.76. The van der Waals surface area contributed by atoms with E-state index in [2.05, 4.69) is 26.9 Å². The molecule has 0 heterocycles. The molecule has 3 rings (SSSR count). The number of carbonyl (C=O) groups is 1. The van der Waals surface area contributed by atoms with Crippen LogP contribution in [-0.2, 0) is 4.79 Å². The minimum absolute atomic E-state index is 0.318. The summed E-state index contributed by atoms with van der Waals surface area (Å²) in [6.07, 6.45) is 5.93. The number of hydrogen-bond donors (Lipinski definition) is 0. The minimum Gasteiger partial charge on any atom is -0.342 e. The van der Waals surface area contributed by atoms with Gasteiger partial charge in [0.25, 0.3) is 0 Å². The molecule has 0 spiro atoms. The van der Waals surface area contributed by atoms with Crippen LogP contribution >= 0.6 is 27.7 Å². The third-order valence-electron chi connectivity index (χ3n) is 4.46. The second-order valence-electron chi connectivity index (χ2n) is 6.20. The molecule has 2 aliphatic carbocycles. The number of carbonyl (C=O) groups excluding carboxylic acids is 1. The summed E-state index contributed by atoms with van der Waals surface area (Å²) in [5, 5.41) is 0. The third kappa shape index (κ3) is 4.04. The molecule has 1 aromatic rings. The quantitative estimate of drug-likeness (QED) is 0.657. The first-order valence-corrected chi connectivity index (χ1v) is 9.57. The molecule has 2 aliphatic rings. The monoisotopic (exact) mass is 367 g/mol. The van der Waals surface area contributed by atoms with Gasteiger partial charge < -0.3 is 4.90 Å².